The molecular weight excluding hydrogens is 505 g/mol. The lowest BCUT2D eigenvalue weighted by atomic mass is 9.92. The summed E-state index contributed by atoms with van der Waals surface area (Å²) < 4.78 is 171. The number of halogens is 13. The Morgan fingerprint density at radius 3 is 1.71 bits per heavy atom. The molecule has 1 aromatic rings. The van der Waals surface area contributed by atoms with Crippen LogP contribution in [0.3, 0.4) is 0 Å². The highest BCUT2D eigenvalue weighted by Gasteiger charge is 2.90. The van der Waals surface area contributed by atoms with Crippen LogP contribution in [-0.2, 0) is 13.0 Å². The molecule has 3 nitrogen and oxygen atoms in total. The van der Waals surface area contributed by atoms with Crippen LogP contribution in [0.25, 0.3) is 0 Å². The first-order chi connectivity index (χ1) is 15.3. The first kappa shape index (κ1) is 30.3. The van der Waals surface area contributed by atoms with Crippen LogP contribution in [0.15, 0.2) is 6.20 Å². The molecule has 0 bridgehead atoms. The minimum atomic E-state index is -7.89. The van der Waals surface area contributed by atoms with Crippen molar-refractivity contribution >= 4 is 0 Å². The minimum absolute atomic E-state index is 0.229. The molecule has 1 aromatic heterocycles. The summed E-state index contributed by atoms with van der Waals surface area (Å²) in [7, 11) is 0. The van der Waals surface area contributed by atoms with E-state index in [1.54, 1.807) is 0 Å². The third-order valence-corrected chi connectivity index (χ3v) is 5.03. The van der Waals surface area contributed by atoms with Crippen LogP contribution in [0, 0.1) is 0 Å². The van der Waals surface area contributed by atoms with Gasteiger partial charge in [0, 0.05) is 19.2 Å². The Hall–Kier alpha value is -1.77. The SMILES string of the molecule is CCCCCCCCc1cn(CCC(F)(F)C(F)(F)C(F)(F)C(F)(F)C(F)(F)C(F)(F)F)nn1. The van der Waals surface area contributed by atoms with Gasteiger partial charge in [-0.1, -0.05) is 44.2 Å². The Balaban J connectivity index is 2.89. The first-order valence-electron chi connectivity index (χ1n) is 10.1. The van der Waals surface area contributed by atoms with Crippen LogP contribution in [0.1, 0.15) is 57.6 Å². The highest BCUT2D eigenvalue weighted by atomic mass is 19.4. The average Bonchev–Trinajstić information content (AvgIpc) is 3.15. The smallest absolute Gasteiger partial charge is 0.252 e. The van der Waals surface area contributed by atoms with Gasteiger partial charge in [-0.2, -0.15) is 57.1 Å². The molecule has 0 aliphatic carbocycles. The van der Waals surface area contributed by atoms with Crippen LogP contribution in [0.2, 0.25) is 0 Å². The Morgan fingerprint density at radius 2 is 1.18 bits per heavy atom. The Bertz CT molecular complexity index is 771. The van der Waals surface area contributed by atoms with Crippen LogP contribution >= 0.6 is 0 Å². The van der Waals surface area contributed by atoms with Crippen LogP contribution < -0.4 is 0 Å². The van der Waals surface area contributed by atoms with Gasteiger partial charge in [-0.25, -0.2) is 0 Å². The van der Waals surface area contributed by atoms with Gasteiger partial charge in [-0.05, 0) is 12.8 Å². The Kier molecular flexibility index (Phi) is 9.31. The van der Waals surface area contributed by atoms with Crippen molar-refractivity contribution < 1.29 is 57.1 Å². The second-order valence-electron chi connectivity index (χ2n) is 7.74. The molecule has 1 heterocycles. The second kappa shape index (κ2) is 10.5. The summed E-state index contributed by atoms with van der Waals surface area (Å²) >= 11 is 0. The van der Waals surface area contributed by atoms with Gasteiger partial charge < -0.3 is 0 Å². The van der Waals surface area contributed by atoms with Crippen molar-refractivity contribution in [3.05, 3.63) is 11.9 Å². The summed E-state index contributed by atoms with van der Waals surface area (Å²) in [5.41, 5.74) is 0.229. The molecule has 200 valence electrons. The highest BCUT2D eigenvalue weighted by Crippen LogP contribution is 2.60. The molecule has 34 heavy (non-hydrogen) atoms. The van der Waals surface area contributed by atoms with E-state index in [4.69, 9.17) is 0 Å². The molecular formula is C18H22F13N3. The predicted molar refractivity (Wildman–Crippen MR) is 92.5 cm³/mol. The zero-order valence-electron chi connectivity index (χ0n) is 17.7. The van der Waals surface area contributed by atoms with Crippen molar-refractivity contribution in [2.24, 2.45) is 0 Å². The summed E-state index contributed by atoms with van der Waals surface area (Å²) in [6.45, 7) is 0.728. The van der Waals surface area contributed by atoms with E-state index in [2.05, 4.69) is 10.3 Å². The number of aromatic nitrogens is 3. The maximum absolute atomic E-state index is 13.8. The van der Waals surface area contributed by atoms with E-state index in [-0.39, 0.29) is 5.69 Å². The third kappa shape index (κ3) is 5.89. The molecule has 0 aliphatic rings. The number of unbranched alkanes of at least 4 members (excludes halogenated alkanes) is 5. The molecule has 0 aliphatic heterocycles. The number of hydrogen-bond donors (Lipinski definition) is 0. The normalized spacial score (nSPS) is 14.6. The first-order valence-corrected chi connectivity index (χ1v) is 10.1. The number of hydrogen-bond acceptors (Lipinski definition) is 2. The fraction of sp³-hybridized carbons (Fsp3) is 0.889. The van der Waals surface area contributed by atoms with Gasteiger partial charge in [0.15, 0.2) is 0 Å². The minimum Gasteiger partial charge on any atom is -0.252 e. The van der Waals surface area contributed by atoms with Crippen molar-refractivity contribution in [1.82, 2.24) is 15.0 Å². The molecule has 0 fully saturated rings. The molecule has 0 radical (unpaired) electrons. The topological polar surface area (TPSA) is 30.7 Å². The summed E-state index contributed by atoms with van der Waals surface area (Å²) in [4.78, 5) is 0. The predicted octanol–water partition coefficient (Wildman–Crippen LogP) is 7.31. The van der Waals surface area contributed by atoms with Gasteiger partial charge in [0.25, 0.3) is 0 Å². The summed E-state index contributed by atoms with van der Waals surface area (Å²) in [5, 5.41) is 6.84. The molecule has 0 atom stereocenters. The average molecular weight is 527 g/mol. The second-order valence-corrected chi connectivity index (χ2v) is 7.74. The lowest BCUT2D eigenvalue weighted by molar-refractivity contribution is -0.440. The van der Waals surface area contributed by atoms with Crippen molar-refractivity contribution in [3.8, 4) is 0 Å². The van der Waals surface area contributed by atoms with Gasteiger partial charge in [-0.15, -0.1) is 5.10 Å². The van der Waals surface area contributed by atoms with E-state index in [1.807, 2.05) is 6.92 Å². The quantitative estimate of drug-likeness (QED) is 0.188. The van der Waals surface area contributed by atoms with Crippen molar-refractivity contribution in [1.29, 1.82) is 0 Å². The zero-order valence-corrected chi connectivity index (χ0v) is 17.7. The third-order valence-electron chi connectivity index (χ3n) is 5.03. The molecule has 1 rings (SSSR count). The fourth-order valence-electron chi connectivity index (χ4n) is 2.86. The summed E-state index contributed by atoms with van der Waals surface area (Å²) in [6.07, 6.45) is -3.06. The van der Waals surface area contributed by atoms with Crippen LogP contribution in [-0.4, -0.2) is 50.8 Å². The summed E-state index contributed by atoms with van der Waals surface area (Å²) in [5.74, 6) is -36.8. The van der Waals surface area contributed by atoms with Gasteiger partial charge in [0.2, 0.25) is 0 Å². The summed E-state index contributed by atoms with van der Waals surface area (Å²) in [6, 6.07) is 0. The fourth-order valence-corrected chi connectivity index (χ4v) is 2.86. The highest BCUT2D eigenvalue weighted by molar-refractivity contribution is 5.10. The van der Waals surface area contributed by atoms with E-state index in [0.717, 1.165) is 38.3 Å². The molecule has 0 unspecified atom stereocenters. The van der Waals surface area contributed by atoms with E-state index in [9.17, 15) is 57.1 Å². The zero-order chi connectivity index (χ0) is 26.6. The molecule has 0 saturated carbocycles. The van der Waals surface area contributed by atoms with Crippen molar-refractivity contribution in [2.75, 3.05) is 0 Å². The number of rotatable bonds is 14. The molecule has 0 saturated heterocycles. The van der Waals surface area contributed by atoms with Crippen LogP contribution in [0.4, 0.5) is 57.1 Å². The standard InChI is InChI=1S/C18H22F13N3/c1-2-3-4-5-6-7-8-12-11-34(33-32-12)10-9-13(19,20)14(21,22)15(23,24)16(25,26)17(27,28)18(29,30)31/h11H,2-10H2,1H3. The van der Waals surface area contributed by atoms with Crippen molar-refractivity contribution in [3.63, 3.8) is 0 Å². The largest absolute Gasteiger partial charge is 0.460 e. The maximum atomic E-state index is 13.8. The molecule has 16 heteroatoms. The lowest BCUT2D eigenvalue weighted by Gasteiger charge is -2.39. The number of nitrogens with zero attached hydrogens (tertiary/aromatic N) is 3. The van der Waals surface area contributed by atoms with E-state index < -0.39 is 48.8 Å². The molecule has 0 amide bonds. The monoisotopic (exact) mass is 527 g/mol. The van der Waals surface area contributed by atoms with Gasteiger partial charge >= 0.3 is 35.8 Å². The number of alkyl halides is 13. The van der Waals surface area contributed by atoms with Gasteiger partial charge in [0.05, 0.1) is 5.69 Å². The van der Waals surface area contributed by atoms with E-state index in [1.165, 1.54) is 0 Å². The van der Waals surface area contributed by atoms with Crippen molar-refractivity contribution in [2.45, 2.75) is 101 Å². The van der Waals surface area contributed by atoms with Gasteiger partial charge in [-0.3, -0.25) is 4.68 Å². The lowest BCUT2D eigenvalue weighted by Crippen LogP contribution is -2.70. The van der Waals surface area contributed by atoms with Crippen LogP contribution in [0.5, 0.6) is 0 Å². The maximum Gasteiger partial charge on any atom is 0.460 e. The number of aryl methyl sites for hydroxylation is 2. The molecule has 0 spiro atoms. The molecule has 0 aromatic carbocycles. The van der Waals surface area contributed by atoms with E-state index >= 15 is 0 Å². The van der Waals surface area contributed by atoms with E-state index in [0.29, 0.717) is 17.5 Å². The Morgan fingerprint density at radius 1 is 0.676 bits per heavy atom. The molecule has 0 N–H and O–H groups in total. The Labute approximate surface area is 185 Å². The van der Waals surface area contributed by atoms with Gasteiger partial charge in [0.1, 0.15) is 0 Å².